The largest absolute Gasteiger partial charge is 0.489 e. The Kier molecular flexibility index (Phi) is 7.14. The predicted molar refractivity (Wildman–Crippen MR) is 117 cm³/mol. The first-order valence-corrected chi connectivity index (χ1v) is 12.8. The highest BCUT2D eigenvalue weighted by atomic mass is 32.2. The SMILES string of the molecule is CC(C)Sc1ccc(S(C)(=O)=O)cc1C(=O)N1CCC(Oc2ccc(C(F)(F)F)cc2)C1. The van der Waals surface area contributed by atoms with Gasteiger partial charge in [-0.25, -0.2) is 8.42 Å². The molecule has 0 aliphatic carbocycles. The summed E-state index contributed by atoms with van der Waals surface area (Å²) in [6.45, 7) is 4.62. The third-order valence-corrected chi connectivity index (χ3v) is 7.08. The van der Waals surface area contributed by atoms with E-state index in [0.29, 0.717) is 29.2 Å². The van der Waals surface area contributed by atoms with E-state index in [9.17, 15) is 26.4 Å². The molecule has 10 heteroatoms. The number of halogens is 3. The van der Waals surface area contributed by atoms with E-state index in [2.05, 4.69) is 0 Å². The number of amides is 1. The monoisotopic (exact) mass is 487 g/mol. The molecular formula is C22H24F3NO4S2. The fourth-order valence-corrected chi connectivity index (χ4v) is 4.93. The maximum atomic E-state index is 13.2. The molecule has 1 saturated heterocycles. The van der Waals surface area contributed by atoms with Gasteiger partial charge in [0.25, 0.3) is 5.91 Å². The first-order valence-electron chi connectivity index (χ1n) is 9.98. The van der Waals surface area contributed by atoms with E-state index in [0.717, 1.165) is 18.4 Å². The third-order valence-electron chi connectivity index (χ3n) is 4.89. The highest BCUT2D eigenvalue weighted by Crippen LogP contribution is 2.32. The molecule has 0 saturated carbocycles. The molecule has 1 aliphatic rings. The lowest BCUT2D eigenvalue weighted by molar-refractivity contribution is -0.137. The van der Waals surface area contributed by atoms with Crippen molar-refractivity contribution in [3.8, 4) is 5.75 Å². The van der Waals surface area contributed by atoms with Crippen molar-refractivity contribution >= 4 is 27.5 Å². The number of ether oxygens (including phenoxy) is 1. The summed E-state index contributed by atoms with van der Waals surface area (Å²) in [4.78, 5) is 15.6. The Labute approximate surface area is 189 Å². The van der Waals surface area contributed by atoms with Crippen LogP contribution in [0.2, 0.25) is 0 Å². The minimum atomic E-state index is -4.42. The zero-order chi connectivity index (χ0) is 23.7. The molecule has 5 nitrogen and oxygen atoms in total. The summed E-state index contributed by atoms with van der Waals surface area (Å²) in [6, 6.07) is 9.00. The van der Waals surface area contributed by atoms with Gasteiger partial charge in [0.15, 0.2) is 9.84 Å². The van der Waals surface area contributed by atoms with Gasteiger partial charge in [0.2, 0.25) is 0 Å². The standard InChI is InChI=1S/C22H24F3NO4S2/c1-14(2)31-20-9-8-18(32(3,28)29)12-19(20)21(27)26-11-10-17(13-26)30-16-6-4-15(5-7-16)22(23,24)25/h4-9,12,14,17H,10-11,13H2,1-3H3. The van der Waals surface area contributed by atoms with Crippen LogP contribution in [-0.4, -0.2) is 49.9 Å². The molecular weight excluding hydrogens is 463 g/mol. The topological polar surface area (TPSA) is 63.7 Å². The number of alkyl halides is 3. The Morgan fingerprint density at radius 1 is 1.16 bits per heavy atom. The van der Waals surface area contributed by atoms with E-state index in [1.807, 2.05) is 13.8 Å². The van der Waals surface area contributed by atoms with Gasteiger partial charge in [0.05, 0.1) is 22.6 Å². The Balaban J connectivity index is 1.75. The predicted octanol–water partition coefficient (Wildman–Crippen LogP) is 4.90. The lowest BCUT2D eigenvalue weighted by Crippen LogP contribution is -2.31. The van der Waals surface area contributed by atoms with Gasteiger partial charge in [0, 0.05) is 29.4 Å². The van der Waals surface area contributed by atoms with E-state index >= 15 is 0 Å². The second-order valence-corrected chi connectivity index (χ2v) is 11.5. The summed E-state index contributed by atoms with van der Waals surface area (Å²) in [5, 5.41) is 0.194. The number of carbonyl (C=O) groups excluding carboxylic acids is 1. The molecule has 1 unspecified atom stereocenters. The van der Waals surface area contributed by atoms with Crippen LogP contribution in [0, 0.1) is 0 Å². The summed E-state index contributed by atoms with van der Waals surface area (Å²) in [6.07, 6.45) is -3.17. The summed E-state index contributed by atoms with van der Waals surface area (Å²) < 4.78 is 67.9. The van der Waals surface area contributed by atoms with Crippen LogP contribution in [-0.2, 0) is 16.0 Å². The number of sulfone groups is 1. The lowest BCUT2D eigenvalue weighted by Gasteiger charge is -2.20. The average molecular weight is 488 g/mol. The molecule has 1 heterocycles. The normalized spacial score (nSPS) is 17.1. The number of carbonyl (C=O) groups is 1. The maximum absolute atomic E-state index is 13.2. The summed E-state index contributed by atoms with van der Waals surface area (Å²) in [5.41, 5.74) is -0.434. The molecule has 32 heavy (non-hydrogen) atoms. The molecule has 0 spiro atoms. The van der Waals surface area contributed by atoms with Crippen molar-refractivity contribution in [1.29, 1.82) is 0 Å². The van der Waals surface area contributed by atoms with Gasteiger partial charge in [-0.05, 0) is 42.5 Å². The lowest BCUT2D eigenvalue weighted by atomic mass is 10.2. The first kappa shape index (κ1) is 24.4. The van der Waals surface area contributed by atoms with Crippen LogP contribution in [0.5, 0.6) is 5.75 Å². The van der Waals surface area contributed by atoms with Crippen LogP contribution in [0.3, 0.4) is 0 Å². The van der Waals surface area contributed by atoms with Crippen molar-refractivity contribution in [3.05, 3.63) is 53.6 Å². The number of benzene rings is 2. The number of rotatable bonds is 6. The van der Waals surface area contributed by atoms with Gasteiger partial charge in [-0.15, -0.1) is 11.8 Å². The molecule has 1 fully saturated rings. The zero-order valence-corrected chi connectivity index (χ0v) is 19.5. The van der Waals surface area contributed by atoms with Gasteiger partial charge in [-0.3, -0.25) is 4.79 Å². The van der Waals surface area contributed by atoms with Crippen LogP contribution < -0.4 is 4.74 Å². The summed E-state index contributed by atoms with van der Waals surface area (Å²) in [5.74, 6) is 0.00425. The van der Waals surface area contributed by atoms with Gasteiger partial charge < -0.3 is 9.64 Å². The van der Waals surface area contributed by atoms with Crippen molar-refractivity contribution in [2.24, 2.45) is 0 Å². The van der Waals surface area contributed by atoms with Gasteiger partial charge in [-0.2, -0.15) is 13.2 Å². The summed E-state index contributed by atoms with van der Waals surface area (Å²) >= 11 is 1.47. The van der Waals surface area contributed by atoms with Crippen molar-refractivity contribution in [2.75, 3.05) is 19.3 Å². The molecule has 1 aliphatic heterocycles. The van der Waals surface area contributed by atoms with Crippen LogP contribution in [0.4, 0.5) is 13.2 Å². The van der Waals surface area contributed by atoms with E-state index in [-0.39, 0.29) is 28.7 Å². The Bertz CT molecular complexity index is 1080. The van der Waals surface area contributed by atoms with Gasteiger partial charge in [0.1, 0.15) is 11.9 Å². The first-order chi connectivity index (χ1) is 14.8. The van der Waals surface area contributed by atoms with E-state index in [4.69, 9.17) is 4.74 Å². The highest BCUT2D eigenvalue weighted by molar-refractivity contribution is 8.00. The van der Waals surface area contributed by atoms with Crippen LogP contribution in [0.25, 0.3) is 0 Å². The fourth-order valence-electron chi connectivity index (χ4n) is 3.36. The molecule has 0 bridgehead atoms. The molecule has 174 valence electrons. The maximum Gasteiger partial charge on any atom is 0.416 e. The average Bonchev–Trinajstić information content (AvgIpc) is 3.14. The third kappa shape index (κ3) is 5.98. The second-order valence-electron chi connectivity index (χ2n) is 7.90. The molecule has 1 amide bonds. The number of hydrogen-bond donors (Lipinski definition) is 0. The number of nitrogens with zero attached hydrogens (tertiary/aromatic N) is 1. The van der Waals surface area contributed by atoms with E-state index in [1.54, 1.807) is 11.0 Å². The van der Waals surface area contributed by atoms with Crippen LogP contribution >= 0.6 is 11.8 Å². The number of thioether (sulfide) groups is 1. The Morgan fingerprint density at radius 3 is 2.38 bits per heavy atom. The van der Waals surface area contributed by atoms with Crippen molar-refractivity contribution in [3.63, 3.8) is 0 Å². The molecule has 0 radical (unpaired) electrons. The Morgan fingerprint density at radius 2 is 1.81 bits per heavy atom. The fraction of sp³-hybridized carbons (Fsp3) is 0.409. The van der Waals surface area contributed by atoms with Crippen molar-refractivity contribution < 1.29 is 31.1 Å². The second kappa shape index (κ2) is 9.35. The molecule has 3 rings (SSSR count). The zero-order valence-electron chi connectivity index (χ0n) is 17.8. The molecule has 1 atom stereocenters. The Hall–Kier alpha value is -2.20. The highest BCUT2D eigenvalue weighted by Gasteiger charge is 2.32. The molecule has 2 aromatic carbocycles. The van der Waals surface area contributed by atoms with Gasteiger partial charge in [-0.1, -0.05) is 13.8 Å². The number of hydrogen-bond acceptors (Lipinski definition) is 5. The molecule has 0 aromatic heterocycles. The van der Waals surface area contributed by atoms with E-state index < -0.39 is 21.6 Å². The van der Waals surface area contributed by atoms with Crippen LogP contribution in [0.1, 0.15) is 36.2 Å². The minimum absolute atomic E-state index is 0.0747. The summed E-state index contributed by atoms with van der Waals surface area (Å²) in [7, 11) is -3.48. The van der Waals surface area contributed by atoms with Gasteiger partial charge >= 0.3 is 6.18 Å². The van der Waals surface area contributed by atoms with Crippen LogP contribution in [0.15, 0.2) is 52.3 Å². The van der Waals surface area contributed by atoms with E-state index in [1.165, 1.54) is 36.0 Å². The number of likely N-dealkylation sites (tertiary alicyclic amines) is 1. The quantitative estimate of drug-likeness (QED) is 0.542. The molecule has 0 N–H and O–H groups in total. The van der Waals surface area contributed by atoms with Crippen molar-refractivity contribution in [1.82, 2.24) is 4.90 Å². The minimum Gasteiger partial charge on any atom is -0.489 e. The molecule has 2 aromatic rings. The smallest absolute Gasteiger partial charge is 0.416 e. The van der Waals surface area contributed by atoms with Crippen molar-refractivity contribution in [2.45, 2.75) is 47.6 Å².